The molecule has 0 bridgehead atoms. The van der Waals surface area contributed by atoms with Gasteiger partial charge in [0, 0.05) is 13.6 Å². The highest BCUT2D eigenvalue weighted by molar-refractivity contribution is 14.1. The van der Waals surface area contributed by atoms with Crippen LogP contribution in [-0.2, 0) is 4.79 Å². The first-order valence-electron chi connectivity index (χ1n) is 6.69. The zero-order valence-corrected chi connectivity index (χ0v) is 16.0. The zero-order chi connectivity index (χ0) is 16.8. The van der Waals surface area contributed by atoms with Crippen molar-refractivity contribution in [2.45, 2.75) is 6.92 Å². The van der Waals surface area contributed by atoms with Crippen molar-refractivity contribution in [1.29, 1.82) is 0 Å². The maximum atomic E-state index is 11.9. The first kappa shape index (κ1) is 17.7. The molecule has 0 saturated carbocycles. The molecule has 0 unspecified atom stereocenters. The molecular weight excluding hydrogens is 475 g/mol. The summed E-state index contributed by atoms with van der Waals surface area (Å²) in [6.45, 7) is 1.70. The van der Waals surface area contributed by atoms with Gasteiger partial charge >= 0.3 is 0 Å². The average Bonchev–Trinajstić information content (AvgIpc) is 2.51. The van der Waals surface area contributed by atoms with E-state index in [2.05, 4.69) is 49.4 Å². The third-order valence-corrected chi connectivity index (χ3v) is 4.06. The van der Waals surface area contributed by atoms with E-state index in [0.717, 1.165) is 13.6 Å². The predicted octanol–water partition coefficient (Wildman–Crippen LogP) is 3.20. The Balaban J connectivity index is 1.82. The van der Waals surface area contributed by atoms with Gasteiger partial charge in [-0.2, -0.15) is 0 Å². The second kappa shape index (κ2) is 8.30. The average molecular weight is 489 g/mol. The Morgan fingerprint density at radius 2 is 1.96 bits per heavy atom. The molecule has 2 aromatic carbocycles. The van der Waals surface area contributed by atoms with Gasteiger partial charge in [0.05, 0.1) is 0 Å². The van der Waals surface area contributed by atoms with Crippen molar-refractivity contribution in [1.82, 2.24) is 10.9 Å². The third-order valence-electron chi connectivity index (χ3n) is 2.90. The summed E-state index contributed by atoms with van der Waals surface area (Å²) in [6, 6.07) is 12.6. The second-order valence-corrected chi connectivity index (χ2v) is 6.87. The lowest BCUT2D eigenvalue weighted by Gasteiger charge is -2.10. The van der Waals surface area contributed by atoms with E-state index in [0.29, 0.717) is 11.3 Å². The Labute approximate surface area is 156 Å². The van der Waals surface area contributed by atoms with Crippen LogP contribution in [0.3, 0.4) is 0 Å². The van der Waals surface area contributed by atoms with Crippen molar-refractivity contribution < 1.29 is 14.3 Å². The Kier molecular flexibility index (Phi) is 6.40. The Hall–Kier alpha value is -1.61. The van der Waals surface area contributed by atoms with Crippen LogP contribution in [-0.4, -0.2) is 18.4 Å². The highest BCUT2D eigenvalue weighted by Gasteiger charge is 2.09. The van der Waals surface area contributed by atoms with Gasteiger partial charge in [-0.1, -0.05) is 22.0 Å². The number of carbonyl (C=O) groups is 2. The molecule has 0 aliphatic rings. The molecule has 0 atom stereocenters. The van der Waals surface area contributed by atoms with E-state index in [1.54, 1.807) is 24.3 Å². The van der Waals surface area contributed by atoms with Gasteiger partial charge in [0.25, 0.3) is 11.8 Å². The molecule has 5 nitrogen and oxygen atoms in total. The van der Waals surface area contributed by atoms with Crippen LogP contribution < -0.4 is 15.6 Å². The van der Waals surface area contributed by atoms with Crippen LogP contribution >= 0.6 is 38.5 Å². The van der Waals surface area contributed by atoms with Crippen LogP contribution in [0.15, 0.2) is 46.9 Å². The van der Waals surface area contributed by atoms with Crippen molar-refractivity contribution >= 4 is 50.3 Å². The van der Waals surface area contributed by atoms with E-state index in [1.807, 2.05) is 25.1 Å². The molecule has 2 rings (SSSR count). The topological polar surface area (TPSA) is 67.4 Å². The lowest BCUT2D eigenvalue weighted by molar-refractivity contribution is -0.123. The molecule has 0 aromatic heterocycles. The van der Waals surface area contributed by atoms with Gasteiger partial charge in [0.15, 0.2) is 6.61 Å². The molecular formula is C16H14BrIN2O3. The summed E-state index contributed by atoms with van der Waals surface area (Å²) >= 11 is 5.48. The Bertz CT molecular complexity index is 737. The first-order valence-corrected chi connectivity index (χ1v) is 8.56. The highest BCUT2D eigenvalue weighted by Crippen LogP contribution is 2.21. The normalized spacial score (nSPS) is 10.0. The SMILES string of the molecule is Cc1cc(Br)ccc1OCC(=O)NNC(=O)c1cccc(I)c1. The minimum atomic E-state index is -0.439. The second-order valence-electron chi connectivity index (χ2n) is 4.71. The molecule has 0 saturated heterocycles. The number of nitrogens with one attached hydrogen (secondary N) is 2. The van der Waals surface area contributed by atoms with E-state index >= 15 is 0 Å². The van der Waals surface area contributed by atoms with Crippen LogP contribution in [0.4, 0.5) is 0 Å². The molecule has 0 aliphatic heterocycles. The van der Waals surface area contributed by atoms with Gasteiger partial charge in [-0.05, 0) is 71.5 Å². The number of halogens is 2. The smallest absolute Gasteiger partial charge is 0.276 e. The monoisotopic (exact) mass is 488 g/mol. The lowest BCUT2D eigenvalue weighted by Crippen LogP contribution is -2.43. The summed E-state index contributed by atoms with van der Waals surface area (Å²) < 4.78 is 7.31. The van der Waals surface area contributed by atoms with Gasteiger partial charge < -0.3 is 4.74 Å². The van der Waals surface area contributed by atoms with Crippen molar-refractivity contribution in [2.75, 3.05) is 6.61 Å². The maximum absolute atomic E-state index is 11.9. The number of amides is 2. The lowest BCUT2D eigenvalue weighted by atomic mass is 10.2. The summed E-state index contributed by atoms with van der Waals surface area (Å²) in [5.41, 5.74) is 6.07. The molecule has 7 heteroatoms. The van der Waals surface area contributed by atoms with Gasteiger partial charge in [0.2, 0.25) is 0 Å². The van der Waals surface area contributed by atoms with Crippen molar-refractivity contribution in [3.8, 4) is 5.75 Å². The molecule has 2 amide bonds. The molecule has 23 heavy (non-hydrogen) atoms. The number of rotatable bonds is 4. The third kappa shape index (κ3) is 5.51. The summed E-state index contributed by atoms with van der Waals surface area (Å²) in [4.78, 5) is 23.6. The number of hydrazine groups is 1. The number of hydrogen-bond acceptors (Lipinski definition) is 3. The van der Waals surface area contributed by atoms with E-state index in [4.69, 9.17) is 4.74 Å². The van der Waals surface area contributed by atoms with E-state index in [1.165, 1.54) is 0 Å². The zero-order valence-electron chi connectivity index (χ0n) is 12.2. The van der Waals surface area contributed by atoms with Crippen LogP contribution in [0.5, 0.6) is 5.75 Å². The van der Waals surface area contributed by atoms with Crippen molar-refractivity contribution in [2.24, 2.45) is 0 Å². The standard InChI is InChI=1S/C16H14BrIN2O3/c1-10-7-12(17)5-6-14(10)23-9-15(21)19-20-16(22)11-3-2-4-13(18)8-11/h2-8H,9H2,1H3,(H,19,21)(H,20,22). The van der Waals surface area contributed by atoms with Crippen LogP contribution in [0, 0.1) is 10.5 Å². The fourth-order valence-corrected chi connectivity index (χ4v) is 2.80. The minimum absolute atomic E-state index is 0.185. The fourth-order valence-electron chi connectivity index (χ4n) is 1.78. The Morgan fingerprint density at radius 3 is 2.65 bits per heavy atom. The van der Waals surface area contributed by atoms with Crippen LogP contribution in [0.2, 0.25) is 0 Å². The van der Waals surface area contributed by atoms with Gasteiger partial charge in [-0.3, -0.25) is 20.4 Å². The van der Waals surface area contributed by atoms with Gasteiger partial charge in [-0.15, -0.1) is 0 Å². The van der Waals surface area contributed by atoms with E-state index in [9.17, 15) is 9.59 Å². The largest absolute Gasteiger partial charge is 0.483 e. The molecule has 0 radical (unpaired) electrons. The number of aryl methyl sites for hydroxylation is 1. The van der Waals surface area contributed by atoms with Crippen LogP contribution in [0.1, 0.15) is 15.9 Å². The summed E-state index contributed by atoms with van der Waals surface area (Å²) in [6.07, 6.45) is 0. The number of hydrogen-bond donors (Lipinski definition) is 2. The van der Waals surface area contributed by atoms with Gasteiger partial charge in [-0.25, -0.2) is 0 Å². The highest BCUT2D eigenvalue weighted by atomic mass is 127. The Morgan fingerprint density at radius 1 is 1.17 bits per heavy atom. The molecule has 120 valence electrons. The molecule has 0 aliphatic carbocycles. The number of ether oxygens (including phenoxy) is 1. The quantitative estimate of drug-likeness (QED) is 0.513. The number of carbonyl (C=O) groups excluding carboxylic acids is 2. The van der Waals surface area contributed by atoms with E-state index in [-0.39, 0.29) is 12.5 Å². The molecule has 0 heterocycles. The van der Waals surface area contributed by atoms with Gasteiger partial charge in [0.1, 0.15) is 5.75 Å². The summed E-state index contributed by atoms with van der Waals surface area (Å²) in [5.74, 6) is -0.199. The van der Waals surface area contributed by atoms with Crippen LogP contribution in [0.25, 0.3) is 0 Å². The minimum Gasteiger partial charge on any atom is -0.483 e. The molecule has 0 spiro atoms. The fraction of sp³-hybridized carbons (Fsp3) is 0.125. The summed E-state index contributed by atoms with van der Waals surface area (Å²) in [7, 11) is 0. The summed E-state index contributed by atoms with van der Waals surface area (Å²) in [5, 5.41) is 0. The predicted molar refractivity (Wildman–Crippen MR) is 99.1 cm³/mol. The number of benzene rings is 2. The van der Waals surface area contributed by atoms with Crippen molar-refractivity contribution in [3.05, 3.63) is 61.6 Å². The van der Waals surface area contributed by atoms with E-state index < -0.39 is 5.91 Å². The molecule has 2 N–H and O–H groups in total. The molecule has 2 aromatic rings. The molecule has 0 fully saturated rings. The first-order chi connectivity index (χ1) is 11.0. The maximum Gasteiger partial charge on any atom is 0.276 e. The van der Waals surface area contributed by atoms with Crippen molar-refractivity contribution in [3.63, 3.8) is 0 Å².